The fourth-order valence-electron chi connectivity index (χ4n) is 3.78. The molecule has 3 aromatic rings. The Morgan fingerprint density at radius 1 is 0.933 bits per heavy atom. The van der Waals surface area contributed by atoms with E-state index in [4.69, 9.17) is 4.42 Å². The maximum absolute atomic E-state index is 13.5. The molecule has 1 aliphatic heterocycles. The summed E-state index contributed by atoms with van der Waals surface area (Å²) in [6.45, 7) is 5.62. The number of hydrogen-bond donors (Lipinski definition) is 0. The number of rotatable bonds is 5. The van der Waals surface area contributed by atoms with Crippen molar-refractivity contribution in [2.45, 2.75) is 55.9 Å². The first kappa shape index (κ1) is 20.7. The average molecular weight is 425 g/mol. The summed E-state index contributed by atoms with van der Waals surface area (Å²) >= 11 is 0. The molecular weight excluding hydrogens is 396 g/mol. The molecule has 0 radical (unpaired) electrons. The smallest absolute Gasteiger partial charge is 0.236 e. The molecule has 1 saturated heterocycles. The normalized spacial score (nSPS) is 15.2. The van der Waals surface area contributed by atoms with Gasteiger partial charge in [-0.2, -0.15) is 4.98 Å². The molecular formula is C24H28N2O3S. The van der Waals surface area contributed by atoms with Crippen LogP contribution in [0.15, 0.2) is 62.9 Å². The van der Waals surface area contributed by atoms with Crippen molar-refractivity contribution < 1.29 is 12.8 Å². The van der Waals surface area contributed by atoms with Gasteiger partial charge in [-0.1, -0.05) is 49.6 Å². The molecule has 0 aliphatic carbocycles. The van der Waals surface area contributed by atoms with E-state index >= 15 is 0 Å². The van der Waals surface area contributed by atoms with E-state index in [2.05, 4.69) is 4.98 Å². The number of benzene rings is 2. The van der Waals surface area contributed by atoms with Crippen molar-refractivity contribution in [3.05, 3.63) is 59.7 Å². The zero-order chi connectivity index (χ0) is 21.1. The molecule has 0 spiro atoms. The summed E-state index contributed by atoms with van der Waals surface area (Å²) in [6, 6.07) is 14.8. The zero-order valence-electron chi connectivity index (χ0n) is 17.6. The number of sulfone groups is 1. The van der Waals surface area contributed by atoms with Crippen LogP contribution in [0.25, 0.3) is 11.5 Å². The van der Waals surface area contributed by atoms with Gasteiger partial charge in [0, 0.05) is 18.7 Å². The molecule has 4 rings (SSSR count). The molecule has 5 nitrogen and oxygen atoms in total. The van der Waals surface area contributed by atoms with E-state index in [0.717, 1.165) is 61.9 Å². The summed E-state index contributed by atoms with van der Waals surface area (Å²) in [6.07, 6.45) is 5.20. The largest absolute Gasteiger partial charge is 0.419 e. The van der Waals surface area contributed by atoms with Crippen molar-refractivity contribution in [3.8, 4) is 11.5 Å². The SMILES string of the molecule is CCc1ccc(S(=O)(=O)c2nc(-c3ccc(C)cc3)oc2N2CCCCCC2)cc1. The highest BCUT2D eigenvalue weighted by atomic mass is 32.2. The zero-order valence-corrected chi connectivity index (χ0v) is 18.4. The van der Waals surface area contributed by atoms with Crippen LogP contribution in [-0.4, -0.2) is 26.5 Å². The first-order valence-corrected chi connectivity index (χ1v) is 12.1. The number of nitrogens with zero attached hydrogens (tertiary/aromatic N) is 2. The number of oxazole rings is 1. The highest BCUT2D eigenvalue weighted by molar-refractivity contribution is 7.91. The standard InChI is InChI=1S/C24H28N2O3S/c1-3-19-10-14-21(15-11-19)30(27,28)23-24(26-16-6-4-5-7-17-26)29-22(25-23)20-12-8-18(2)9-13-20/h8-15H,3-7,16-17H2,1-2H3. The Morgan fingerprint density at radius 2 is 1.57 bits per heavy atom. The van der Waals surface area contributed by atoms with Crippen molar-refractivity contribution in [1.29, 1.82) is 0 Å². The molecule has 2 aromatic carbocycles. The Morgan fingerprint density at radius 3 is 2.17 bits per heavy atom. The molecule has 0 bridgehead atoms. The predicted octanol–water partition coefficient (Wildman–Crippen LogP) is 5.43. The first-order chi connectivity index (χ1) is 14.5. The Balaban J connectivity index is 1.82. The van der Waals surface area contributed by atoms with Crippen LogP contribution in [-0.2, 0) is 16.3 Å². The lowest BCUT2D eigenvalue weighted by molar-refractivity contribution is 0.543. The third kappa shape index (κ3) is 4.15. The summed E-state index contributed by atoms with van der Waals surface area (Å²) in [4.78, 5) is 6.81. The lowest BCUT2D eigenvalue weighted by Crippen LogP contribution is -2.25. The second-order valence-corrected chi connectivity index (χ2v) is 9.76. The maximum atomic E-state index is 13.5. The monoisotopic (exact) mass is 424 g/mol. The van der Waals surface area contributed by atoms with Gasteiger partial charge >= 0.3 is 0 Å². The van der Waals surface area contributed by atoms with Gasteiger partial charge in [-0.05, 0) is 56.0 Å². The average Bonchev–Trinajstić information content (AvgIpc) is 3.04. The van der Waals surface area contributed by atoms with Crippen LogP contribution in [0.5, 0.6) is 0 Å². The van der Waals surface area contributed by atoms with Crippen LogP contribution in [0.1, 0.15) is 43.7 Å². The van der Waals surface area contributed by atoms with Gasteiger partial charge in [-0.3, -0.25) is 0 Å². The van der Waals surface area contributed by atoms with Crippen molar-refractivity contribution in [2.24, 2.45) is 0 Å². The fraction of sp³-hybridized carbons (Fsp3) is 0.375. The highest BCUT2D eigenvalue weighted by Gasteiger charge is 2.31. The van der Waals surface area contributed by atoms with E-state index in [1.807, 2.05) is 55.1 Å². The molecule has 6 heteroatoms. The number of aromatic nitrogens is 1. The Labute approximate surface area is 178 Å². The number of hydrogen-bond acceptors (Lipinski definition) is 5. The molecule has 0 N–H and O–H groups in total. The van der Waals surface area contributed by atoms with Crippen LogP contribution in [0, 0.1) is 6.92 Å². The molecule has 1 fully saturated rings. The molecule has 30 heavy (non-hydrogen) atoms. The van der Waals surface area contributed by atoms with Gasteiger partial charge in [-0.25, -0.2) is 8.42 Å². The van der Waals surface area contributed by atoms with E-state index in [9.17, 15) is 8.42 Å². The lowest BCUT2D eigenvalue weighted by Gasteiger charge is -2.20. The van der Waals surface area contributed by atoms with Crippen LogP contribution in [0.4, 0.5) is 5.88 Å². The van der Waals surface area contributed by atoms with Crippen molar-refractivity contribution >= 4 is 15.7 Å². The summed E-state index contributed by atoms with van der Waals surface area (Å²) in [5.41, 5.74) is 3.00. The lowest BCUT2D eigenvalue weighted by atomic mass is 10.1. The Bertz CT molecular complexity index is 1090. The van der Waals surface area contributed by atoms with Gasteiger partial charge in [0.1, 0.15) is 0 Å². The fourth-order valence-corrected chi connectivity index (χ4v) is 5.10. The number of aryl methyl sites for hydroxylation is 2. The Hall–Kier alpha value is -2.60. The minimum atomic E-state index is -3.80. The second-order valence-electron chi connectivity index (χ2n) is 7.90. The van der Waals surface area contributed by atoms with Gasteiger partial charge in [0.25, 0.3) is 0 Å². The van der Waals surface area contributed by atoms with Crippen molar-refractivity contribution in [2.75, 3.05) is 18.0 Å². The van der Waals surface area contributed by atoms with E-state index in [0.29, 0.717) is 11.8 Å². The topological polar surface area (TPSA) is 63.4 Å². The van der Waals surface area contributed by atoms with E-state index in [1.54, 1.807) is 12.1 Å². The molecule has 0 saturated carbocycles. The summed E-state index contributed by atoms with van der Waals surface area (Å²) in [7, 11) is -3.80. The van der Waals surface area contributed by atoms with Crippen LogP contribution < -0.4 is 4.90 Å². The molecule has 0 unspecified atom stereocenters. The Kier molecular flexibility index (Phi) is 5.95. The molecule has 0 amide bonds. The van der Waals surface area contributed by atoms with Gasteiger partial charge < -0.3 is 9.32 Å². The van der Waals surface area contributed by atoms with Gasteiger partial charge in [0.2, 0.25) is 26.6 Å². The van der Waals surface area contributed by atoms with Gasteiger partial charge in [-0.15, -0.1) is 0 Å². The van der Waals surface area contributed by atoms with Gasteiger partial charge in [0.15, 0.2) is 0 Å². The van der Waals surface area contributed by atoms with E-state index in [1.165, 1.54) is 0 Å². The highest BCUT2D eigenvalue weighted by Crippen LogP contribution is 2.35. The predicted molar refractivity (Wildman–Crippen MR) is 119 cm³/mol. The third-order valence-electron chi connectivity index (χ3n) is 5.67. The molecule has 1 aromatic heterocycles. The third-order valence-corrected chi connectivity index (χ3v) is 7.34. The minimum Gasteiger partial charge on any atom is -0.419 e. The maximum Gasteiger partial charge on any atom is 0.236 e. The summed E-state index contributed by atoms with van der Waals surface area (Å²) < 4.78 is 33.2. The van der Waals surface area contributed by atoms with Crippen LogP contribution in [0.3, 0.4) is 0 Å². The molecule has 0 atom stereocenters. The van der Waals surface area contributed by atoms with Crippen molar-refractivity contribution in [3.63, 3.8) is 0 Å². The summed E-state index contributed by atoms with van der Waals surface area (Å²) in [5.74, 6) is 0.713. The molecule has 1 aliphatic rings. The molecule has 158 valence electrons. The number of anilines is 1. The quantitative estimate of drug-likeness (QED) is 0.547. The molecule has 2 heterocycles. The minimum absolute atomic E-state index is 0.0178. The summed E-state index contributed by atoms with van der Waals surface area (Å²) in [5, 5.41) is 0.0178. The first-order valence-electron chi connectivity index (χ1n) is 10.7. The van der Waals surface area contributed by atoms with Crippen LogP contribution in [0.2, 0.25) is 0 Å². The van der Waals surface area contributed by atoms with Gasteiger partial charge in [0.05, 0.1) is 4.90 Å². The van der Waals surface area contributed by atoms with E-state index < -0.39 is 9.84 Å². The van der Waals surface area contributed by atoms with E-state index in [-0.39, 0.29) is 9.92 Å². The van der Waals surface area contributed by atoms with Crippen LogP contribution >= 0.6 is 0 Å². The second kappa shape index (κ2) is 8.64. The van der Waals surface area contributed by atoms with Crippen molar-refractivity contribution in [1.82, 2.24) is 4.98 Å².